The molecule has 1 aromatic carbocycles. The van der Waals surface area contributed by atoms with Gasteiger partial charge in [0, 0.05) is 18.7 Å². The second kappa shape index (κ2) is 5.25. The lowest BCUT2D eigenvalue weighted by Crippen LogP contribution is -2.10. The zero-order valence-corrected chi connectivity index (χ0v) is 12.0. The lowest BCUT2D eigenvalue weighted by molar-refractivity contribution is 0.598. The molecule has 0 fully saturated rings. The average Bonchev–Trinajstić information content (AvgIpc) is 3.02. The average molecular weight is 288 g/mol. The molecule has 0 aliphatic rings. The summed E-state index contributed by atoms with van der Waals surface area (Å²) in [5, 5.41) is 8.18. The van der Waals surface area contributed by atoms with Crippen LogP contribution in [0.2, 0.25) is 0 Å². The summed E-state index contributed by atoms with van der Waals surface area (Å²) >= 11 is 0. The van der Waals surface area contributed by atoms with Gasteiger partial charge >= 0.3 is 0 Å². The van der Waals surface area contributed by atoms with Crippen LogP contribution in [0.25, 0.3) is 22.6 Å². The van der Waals surface area contributed by atoms with Gasteiger partial charge in [0.2, 0.25) is 0 Å². The van der Waals surface area contributed by atoms with Crippen molar-refractivity contribution in [3.8, 4) is 11.5 Å². The van der Waals surface area contributed by atoms with E-state index in [1.165, 1.54) is 12.1 Å². The lowest BCUT2D eigenvalue weighted by Gasteiger charge is -2.11. The van der Waals surface area contributed by atoms with Crippen molar-refractivity contribution in [1.82, 2.24) is 24.5 Å². The Morgan fingerprint density at radius 1 is 1.33 bits per heavy atom. The largest absolute Gasteiger partial charge is 0.329 e. The highest BCUT2D eigenvalue weighted by molar-refractivity contribution is 5.80. The van der Waals surface area contributed by atoms with Crippen molar-refractivity contribution in [2.24, 2.45) is 5.73 Å². The molecule has 3 rings (SSSR count). The summed E-state index contributed by atoms with van der Waals surface area (Å²) in [5.41, 5.74) is 7.68. The van der Waals surface area contributed by atoms with E-state index in [4.69, 9.17) is 5.73 Å². The molecule has 0 spiro atoms. The van der Waals surface area contributed by atoms with Crippen LogP contribution in [0.15, 0.2) is 24.4 Å². The van der Waals surface area contributed by atoms with Crippen molar-refractivity contribution in [2.75, 3.05) is 6.54 Å². The molecule has 21 heavy (non-hydrogen) atoms. The molecule has 0 atom stereocenters. The van der Waals surface area contributed by atoms with E-state index in [2.05, 4.69) is 29.1 Å². The molecule has 3 aromatic rings. The predicted molar refractivity (Wildman–Crippen MR) is 78.1 cm³/mol. The van der Waals surface area contributed by atoms with Gasteiger partial charge in [-0.15, -0.1) is 5.10 Å². The van der Waals surface area contributed by atoms with Crippen LogP contribution in [0.3, 0.4) is 0 Å². The molecule has 0 bridgehead atoms. The Hall–Kier alpha value is -2.28. The first-order valence-electron chi connectivity index (χ1n) is 6.88. The second-order valence-corrected chi connectivity index (χ2v) is 5.19. The van der Waals surface area contributed by atoms with Gasteiger partial charge in [0.1, 0.15) is 11.5 Å². The van der Waals surface area contributed by atoms with Crippen molar-refractivity contribution >= 4 is 11.0 Å². The van der Waals surface area contributed by atoms with Crippen LogP contribution in [0.5, 0.6) is 0 Å². The highest BCUT2D eigenvalue weighted by Gasteiger charge is 2.17. The maximum Gasteiger partial charge on any atom is 0.163 e. The number of halogens is 1. The molecule has 2 heterocycles. The van der Waals surface area contributed by atoms with Gasteiger partial charge < -0.3 is 10.3 Å². The summed E-state index contributed by atoms with van der Waals surface area (Å²) < 4.78 is 17.1. The summed E-state index contributed by atoms with van der Waals surface area (Å²) in [6.07, 6.45) is 1.81. The third-order valence-corrected chi connectivity index (χ3v) is 3.29. The Labute approximate surface area is 121 Å². The smallest absolute Gasteiger partial charge is 0.163 e. The maximum absolute atomic E-state index is 13.4. The first kappa shape index (κ1) is 13.7. The Morgan fingerprint density at radius 3 is 2.86 bits per heavy atom. The summed E-state index contributed by atoms with van der Waals surface area (Å²) in [6.45, 7) is 5.20. The van der Waals surface area contributed by atoms with E-state index >= 15 is 0 Å². The molecule has 0 saturated carbocycles. The zero-order valence-electron chi connectivity index (χ0n) is 12.0. The topological polar surface area (TPSA) is 74.5 Å². The molecule has 0 radical (unpaired) electrons. The zero-order chi connectivity index (χ0) is 15.0. The van der Waals surface area contributed by atoms with E-state index in [9.17, 15) is 4.39 Å². The molecule has 0 aliphatic heterocycles. The third kappa shape index (κ3) is 2.40. The number of imidazole rings is 1. The Kier molecular flexibility index (Phi) is 3.42. The second-order valence-electron chi connectivity index (χ2n) is 5.19. The van der Waals surface area contributed by atoms with Crippen LogP contribution < -0.4 is 5.73 Å². The van der Waals surface area contributed by atoms with Crippen molar-refractivity contribution in [1.29, 1.82) is 0 Å². The summed E-state index contributed by atoms with van der Waals surface area (Å²) in [7, 11) is 0. The van der Waals surface area contributed by atoms with Crippen LogP contribution in [0.4, 0.5) is 4.39 Å². The van der Waals surface area contributed by atoms with Gasteiger partial charge in [-0.1, -0.05) is 5.21 Å². The van der Waals surface area contributed by atoms with Crippen molar-refractivity contribution in [2.45, 2.75) is 26.4 Å². The fourth-order valence-corrected chi connectivity index (χ4v) is 2.42. The van der Waals surface area contributed by atoms with Crippen molar-refractivity contribution < 1.29 is 4.39 Å². The molecule has 110 valence electrons. The molecule has 0 saturated heterocycles. The van der Waals surface area contributed by atoms with Gasteiger partial charge in [0.05, 0.1) is 23.8 Å². The Morgan fingerprint density at radius 2 is 2.14 bits per heavy atom. The highest BCUT2D eigenvalue weighted by atomic mass is 19.1. The van der Waals surface area contributed by atoms with E-state index in [0.29, 0.717) is 30.1 Å². The minimum atomic E-state index is -0.297. The maximum atomic E-state index is 13.4. The van der Waals surface area contributed by atoms with E-state index in [0.717, 1.165) is 5.52 Å². The number of benzene rings is 1. The molecule has 0 unspecified atom stereocenters. The number of nitrogens with zero attached hydrogens (tertiary/aromatic N) is 5. The van der Waals surface area contributed by atoms with Crippen LogP contribution in [0.1, 0.15) is 19.9 Å². The minimum Gasteiger partial charge on any atom is -0.329 e. The molecular formula is C14H17FN6. The van der Waals surface area contributed by atoms with Crippen molar-refractivity contribution in [3.05, 3.63) is 30.2 Å². The normalized spacial score (nSPS) is 11.7. The third-order valence-electron chi connectivity index (χ3n) is 3.29. The molecule has 0 amide bonds. The summed E-state index contributed by atoms with van der Waals surface area (Å²) in [5.74, 6) is 0.392. The molecular weight excluding hydrogens is 271 g/mol. The van der Waals surface area contributed by atoms with Gasteiger partial charge in [-0.2, -0.15) is 0 Å². The van der Waals surface area contributed by atoms with Crippen LogP contribution in [0, 0.1) is 5.82 Å². The van der Waals surface area contributed by atoms with E-state index in [1.807, 2.05) is 10.8 Å². The van der Waals surface area contributed by atoms with Crippen LogP contribution >= 0.6 is 0 Å². The molecule has 7 heteroatoms. The number of fused-ring (bicyclic) bond motifs is 1. The van der Waals surface area contributed by atoms with Gasteiger partial charge in [-0.05, 0) is 26.0 Å². The predicted octanol–water partition coefficient (Wildman–Crippen LogP) is 1.97. The molecule has 2 aromatic heterocycles. The fourth-order valence-electron chi connectivity index (χ4n) is 2.42. The van der Waals surface area contributed by atoms with E-state index < -0.39 is 0 Å². The SMILES string of the molecule is CC(C)n1c(-c2cn(CCN)nn2)nc2cc(F)ccc21. The molecule has 2 N–H and O–H groups in total. The number of nitrogens with two attached hydrogens (primary N) is 1. The number of hydrogen-bond acceptors (Lipinski definition) is 4. The Bertz CT molecular complexity index is 773. The Balaban J connectivity index is 2.18. The fraction of sp³-hybridized carbons (Fsp3) is 0.357. The quantitative estimate of drug-likeness (QED) is 0.796. The summed E-state index contributed by atoms with van der Waals surface area (Å²) in [6, 6.07) is 4.79. The highest BCUT2D eigenvalue weighted by Crippen LogP contribution is 2.27. The minimum absolute atomic E-state index is 0.176. The summed E-state index contributed by atoms with van der Waals surface area (Å²) in [4.78, 5) is 4.51. The van der Waals surface area contributed by atoms with Gasteiger partial charge in [-0.25, -0.2) is 9.37 Å². The van der Waals surface area contributed by atoms with Gasteiger partial charge in [0.25, 0.3) is 0 Å². The van der Waals surface area contributed by atoms with Crippen molar-refractivity contribution in [3.63, 3.8) is 0 Å². The van der Waals surface area contributed by atoms with Crippen LogP contribution in [-0.4, -0.2) is 31.1 Å². The number of hydrogen-bond donors (Lipinski definition) is 1. The number of aromatic nitrogens is 5. The monoisotopic (exact) mass is 288 g/mol. The number of rotatable bonds is 4. The lowest BCUT2D eigenvalue weighted by atomic mass is 10.3. The van der Waals surface area contributed by atoms with E-state index in [-0.39, 0.29) is 11.9 Å². The first-order valence-corrected chi connectivity index (χ1v) is 6.88. The van der Waals surface area contributed by atoms with Crippen LogP contribution in [-0.2, 0) is 6.54 Å². The molecule has 0 aliphatic carbocycles. The first-order chi connectivity index (χ1) is 10.1. The van der Waals surface area contributed by atoms with Gasteiger partial charge in [-0.3, -0.25) is 4.68 Å². The van der Waals surface area contributed by atoms with Gasteiger partial charge in [0.15, 0.2) is 5.82 Å². The van der Waals surface area contributed by atoms with E-state index in [1.54, 1.807) is 10.7 Å². The molecule has 6 nitrogen and oxygen atoms in total. The standard InChI is InChI=1S/C14H17FN6/c1-9(2)21-13-4-3-10(15)7-11(13)17-14(21)12-8-20(6-5-16)19-18-12/h3-4,7-9H,5-6,16H2,1-2H3.